The second-order valence-electron chi connectivity index (χ2n) is 2.50. The van der Waals surface area contributed by atoms with Crippen LogP contribution in [0.25, 0.3) is 5.82 Å². The summed E-state index contributed by atoms with van der Waals surface area (Å²) in [5.41, 5.74) is 0. The third-order valence-corrected chi connectivity index (χ3v) is 1.67. The number of aromatic nitrogens is 4. The Kier molecular flexibility index (Phi) is 1.62. The number of halogens is 1. The molecule has 0 N–H and O–H groups in total. The smallest absolute Gasteiger partial charge is 0.171 e. The molecule has 2 aromatic rings. The monoisotopic (exact) mass is 182 g/mol. The first-order chi connectivity index (χ1) is 5.75. The Bertz CT molecular complexity index is 351. The number of nitrogens with zero attached hydrogens (tertiary/aromatic N) is 4. The van der Waals surface area contributed by atoms with E-state index in [0.717, 1.165) is 5.82 Å². The van der Waals surface area contributed by atoms with Gasteiger partial charge in [-0.3, -0.25) is 0 Å². The van der Waals surface area contributed by atoms with Crippen LogP contribution in [0.15, 0.2) is 24.9 Å². The predicted octanol–water partition coefficient (Wildman–Crippen LogP) is 1.26. The van der Waals surface area contributed by atoms with Crippen molar-refractivity contribution in [2.24, 2.45) is 7.05 Å². The summed E-state index contributed by atoms with van der Waals surface area (Å²) in [6.45, 7) is 0. The Morgan fingerprint density at radius 2 is 2.25 bits per heavy atom. The van der Waals surface area contributed by atoms with Crippen molar-refractivity contribution in [1.82, 2.24) is 19.3 Å². The summed E-state index contributed by atoms with van der Waals surface area (Å²) in [5.74, 6) is 0.768. The fraction of sp³-hybridized carbons (Fsp3) is 0.143. The zero-order valence-corrected chi connectivity index (χ0v) is 7.23. The molecule has 0 aliphatic heterocycles. The summed E-state index contributed by atoms with van der Waals surface area (Å²) >= 11 is 5.70. The number of imidazole rings is 1. The lowest BCUT2D eigenvalue weighted by molar-refractivity contribution is 0.851. The molecule has 0 spiro atoms. The first kappa shape index (κ1) is 7.36. The Morgan fingerprint density at radius 3 is 2.75 bits per heavy atom. The SMILES string of the molecule is Cn1cnc(-n2cc(Cl)cn2)c1. The first-order valence-electron chi connectivity index (χ1n) is 3.44. The second kappa shape index (κ2) is 2.64. The molecular weight excluding hydrogens is 176 g/mol. The molecule has 0 aliphatic carbocycles. The third kappa shape index (κ3) is 1.21. The second-order valence-corrected chi connectivity index (χ2v) is 2.94. The van der Waals surface area contributed by atoms with Crippen molar-refractivity contribution in [2.45, 2.75) is 0 Å². The van der Waals surface area contributed by atoms with Crippen LogP contribution in [0.1, 0.15) is 0 Å². The molecule has 0 bridgehead atoms. The largest absolute Gasteiger partial charge is 0.338 e. The van der Waals surface area contributed by atoms with Crippen LogP contribution in [0.4, 0.5) is 0 Å². The molecule has 12 heavy (non-hydrogen) atoms. The van der Waals surface area contributed by atoms with Crippen molar-refractivity contribution < 1.29 is 0 Å². The lowest BCUT2D eigenvalue weighted by Gasteiger charge is -1.91. The molecule has 2 aromatic heterocycles. The van der Waals surface area contributed by atoms with Crippen molar-refractivity contribution >= 4 is 11.6 Å². The molecule has 0 radical (unpaired) electrons. The fourth-order valence-electron chi connectivity index (χ4n) is 0.943. The molecule has 0 fully saturated rings. The van der Waals surface area contributed by atoms with Crippen molar-refractivity contribution in [1.29, 1.82) is 0 Å². The van der Waals surface area contributed by atoms with E-state index in [2.05, 4.69) is 10.1 Å². The maximum Gasteiger partial charge on any atom is 0.171 e. The van der Waals surface area contributed by atoms with Crippen LogP contribution in [-0.4, -0.2) is 19.3 Å². The van der Waals surface area contributed by atoms with E-state index in [1.165, 1.54) is 0 Å². The van der Waals surface area contributed by atoms with Gasteiger partial charge in [-0.05, 0) is 0 Å². The fourth-order valence-corrected chi connectivity index (χ4v) is 1.08. The van der Waals surface area contributed by atoms with E-state index in [1.54, 1.807) is 23.4 Å². The molecule has 0 saturated heterocycles. The number of rotatable bonds is 1. The molecule has 62 valence electrons. The van der Waals surface area contributed by atoms with Gasteiger partial charge in [0.05, 0.1) is 23.7 Å². The summed E-state index contributed by atoms with van der Waals surface area (Å²) in [4.78, 5) is 4.10. The molecular formula is C7H7ClN4. The van der Waals surface area contributed by atoms with Gasteiger partial charge in [0.2, 0.25) is 0 Å². The topological polar surface area (TPSA) is 35.6 Å². The van der Waals surface area contributed by atoms with E-state index in [4.69, 9.17) is 11.6 Å². The van der Waals surface area contributed by atoms with Gasteiger partial charge in [0, 0.05) is 13.2 Å². The summed E-state index contributed by atoms with van der Waals surface area (Å²) in [5, 5.41) is 4.62. The highest BCUT2D eigenvalue weighted by atomic mass is 35.5. The van der Waals surface area contributed by atoms with E-state index in [0.29, 0.717) is 5.02 Å². The minimum Gasteiger partial charge on any atom is -0.338 e. The minimum absolute atomic E-state index is 0.612. The minimum atomic E-state index is 0.612. The lowest BCUT2D eigenvalue weighted by Crippen LogP contribution is -1.93. The van der Waals surface area contributed by atoms with Gasteiger partial charge < -0.3 is 4.57 Å². The van der Waals surface area contributed by atoms with Crippen LogP contribution >= 0.6 is 11.6 Å². The van der Waals surface area contributed by atoms with Crippen LogP contribution in [0.2, 0.25) is 5.02 Å². The van der Waals surface area contributed by atoms with Gasteiger partial charge in [0.15, 0.2) is 5.82 Å². The van der Waals surface area contributed by atoms with Crippen LogP contribution in [0, 0.1) is 0 Å². The summed E-state index contributed by atoms with van der Waals surface area (Å²) < 4.78 is 3.48. The van der Waals surface area contributed by atoms with Crippen LogP contribution < -0.4 is 0 Å². The zero-order valence-electron chi connectivity index (χ0n) is 6.48. The quantitative estimate of drug-likeness (QED) is 0.666. The number of hydrogen-bond donors (Lipinski definition) is 0. The summed E-state index contributed by atoms with van der Waals surface area (Å²) in [6.07, 6.45) is 6.87. The van der Waals surface area contributed by atoms with Crippen LogP contribution in [0.3, 0.4) is 0 Å². The standard InChI is InChI=1S/C7H7ClN4/c1-11-4-7(9-5-11)12-3-6(8)2-10-12/h2-5H,1H3. The van der Waals surface area contributed by atoms with Crippen molar-refractivity contribution in [2.75, 3.05) is 0 Å². The molecule has 0 aromatic carbocycles. The van der Waals surface area contributed by atoms with Crippen LogP contribution in [-0.2, 0) is 7.05 Å². The Balaban J connectivity index is 2.43. The predicted molar refractivity (Wildman–Crippen MR) is 45.3 cm³/mol. The maximum absolute atomic E-state index is 5.70. The molecule has 0 aliphatic rings. The molecule has 4 nitrogen and oxygen atoms in total. The molecule has 2 rings (SSSR count). The highest BCUT2D eigenvalue weighted by Gasteiger charge is 2.00. The summed E-state index contributed by atoms with van der Waals surface area (Å²) in [6, 6.07) is 0. The molecule has 0 amide bonds. The van der Waals surface area contributed by atoms with Gasteiger partial charge in [-0.15, -0.1) is 0 Å². The van der Waals surface area contributed by atoms with Gasteiger partial charge in [-0.1, -0.05) is 11.6 Å². The van der Waals surface area contributed by atoms with Crippen LogP contribution in [0.5, 0.6) is 0 Å². The van der Waals surface area contributed by atoms with Gasteiger partial charge in [-0.2, -0.15) is 5.10 Å². The average molecular weight is 183 g/mol. The highest BCUT2D eigenvalue weighted by molar-refractivity contribution is 6.30. The zero-order chi connectivity index (χ0) is 8.55. The van der Waals surface area contributed by atoms with E-state index in [-0.39, 0.29) is 0 Å². The Morgan fingerprint density at radius 1 is 1.42 bits per heavy atom. The highest BCUT2D eigenvalue weighted by Crippen LogP contribution is 2.08. The first-order valence-corrected chi connectivity index (χ1v) is 3.82. The van der Waals surface area contributed by atoms with Gasteiger partial charge >= 0.3 is 0 Å². The normalized spacial score (nSPS) is 10.5. The van der Waals surface area contributed by atoms with E-state index in [9.17, 15) is 0 Å². The van der Waals surface area contributed by atoms with E-state index >= 15 is 0 Å². The number of hydrogen-bond acceptors (Lipinski definition) is 2. The van der Waals surface area contributed by atoms with Gasteiger partial charge in [0.25, 0.3) is 0 Å². The molecule has 0 atom stereocenters. The maximum atomic E-state index is 5.70. The molecule has 0 unspecified atom stereocenters. The van der Waals surface area contributed by atoms with Crippen molar-refractivity contribution in [3.8, 4) is 5.82 Å². The lowest BCUT2D eigenvalue weighted by atomic mass is 10.7. The average Bonchev–Trinajstić information content (AvgIpc) is 2.58. The van der Waals surface area contributed by atoms with Crippen molar-refractivity contribution in [3.63, 3.8) is 0 Å². The van der Waals surface area contributed by atoms with Gasteiger partial charge in [0.1, 0.15) is 0 Å². The summed E-state index contributed by atoms with van der Waals surface area (Å²) in [7, 11) is 1.90. The Hall–Kier alpha value is -1.29. The molecule has 0 saturated carbocycles. The Labute approximate surface area is 74.4 Å². The van der Waals surface area contributed by atoms with E-state index in [1.807, 2.05) is 17.8 Å². The van der Waals surface area contributed by atoms with Gasteiger partial charge in [-0.25, -0.2) is 9.67 Å². The van der Waals surface area contributed by atoms with E-state index < -0.39 is 0 Å². The van der Waals surface area contributed by atoms with Crippen molar-refractivity contribution in [3.05, 3.63) is 29.9 Å². The third-order valence-electron chi connectivity index (χ3n) is 1.48. The molecule has 5 heteroatoms. The number of aryl methyl sites for hydroxylation is 1. The molecule has 2 heterocycles.